The molecule has 39 heavy (non-hydrogen) atoms. The van der Waals surface area contributed by atoms with Gasteiger partial charge in [0.15, 0.2) is 0 Å². The molecule has 0 saturated carbocycles. The van der Waals surface area contributed by atoms with Gasteiger partial charge in [-0.15, -0.1) is 0 Å². The number of fused-ring (bicyclic) bond motifs is 4. The van der Waals surface area contributed by atoms with E-state index in [1.165, 1.54) is 36.4 Å². The van der Waals surface area contributed by atoms with Gasteiger partial charge in [-0.2, -0.15) is 30.7 Å². The molecule has 1 aromatic heterocycles. The second-order valence-corrected chi connectivity index (χ2v) is 9.76. The summed E-state index contributed by atoms with van der Waals surface area (Å²) in [4.78, 5) is 26.1. The molecule has 5 rings (SSSR count). The number of carbonyl (C=O) groups excluding carboxylic acids is 1. The maximum atomic E-state index is 14.5. The second kappa shape index (κ2) is 8.17. The fourth-order valence-corrected chi connectivity index (χ4v) is 5.08. The summed E-state index contributed by atoms with van der Waals surface area (Å²) < 4.78 is 95.9. The molecule has 0 spiro atoms. The predicted octanol–water partition coefficient (Wildman–Crippen LogP) is 7.02. The van der Waals surface area contributed by atoms with E-state index in [0.717, 1.165) is 10.1 Å². The molecule has 3 aromatic carbocycles. The summed E-state index contributed by atoms with van der Waals surface area (Å²) in [5, 5.41) is 10.6. The lowest BCUT2D eigenvalue weighted by molar-refractivity contribution is -0.339. The Morgan fingerprint density at radius 1 is 0.821 bits per heavy atom. The van der Waals surface area contributed by atoms with Crippen LogP contribution in [0.2, 0.25) is 0 Å². The number of ketones is 1. The minimum Gasteiger partial charge on any atom is -0.506 e. The highest BCUT2D eigenvalue weighted by Crippen LogP contribution is 2.52. The standard InChI is InChI=1S/C28H18F7NO3/c1-25(2)18-11-7-6-10-15(18)16-12-17-20(13-19(16)25)36(14-8-4-3-5-9-14)24(39)21(22(17)37)23(38)26(29,30)27(31,32)28(33,34)35/h3-13,37H,1-2H3. The molecule has 0 bridgehead atoms. The molecule has 0 amide bonds. The molecule has 1 heterocycles. The van der Waals surface area contributed by atoms with Crippen LogP contribution >= 0.6 is 0 Å². The van der Waals surface area contributed by atoms with Crippen molar-refractivity contribution in [3.05, 3.63) is 93.8 Å². The first-order valence-electron chi connectivity index (χ1n) is 11.5. The maximum absolute atomic E-state index is 14.5. The number of halogens is 7. The first-order valence-corrected chi connectivity index (χ1v) is 11.5. The smallest absolute Gasteiger partial charge is 0.460 e. The number of hydrogen-bond donors (Lipinski definition) is 1. The Kier molecular flexibility index (Phi) is 5.54. The predicted molar refractivity (Wildman–Crippen MR) is 129 cm³/mol. The van der Waals surface area contributed by atoms with Crippen molar-refractivity contribution < 1.29 is 40.6 Å². The number of alkyl halides is 7. The van der Waals surface area contributed by atoms with Gasteiger partial charge in [0.2, 0.25) is 5.78 Å². The van der Waals surface area contributed by atoms with Gasteiger partial charge in [0.25, 0.3) is 5.56 Å². The van der Waals surface area contributed by atoms with Crippen molar-refractivity contribution in [3.8, 4) is 22.6 Å². The number of hydrogen-bond acceptors (Lipinski definition) is 3. The van der Waals surface area contributed by atoms with Crippen LogP contribution < -0.4 is 5.56 Å². The highest BCUT2D eigenvalue weighted by Gasteiger charge is 2.76. The number of Topliss-reactive ketones (excluding diaryl/α,β-unsaturated/α-hetero) is 1. The zero-order valence-electron chi connectivity index (χ0n) is 20.2. The normalized spacial score (nSPS) is 14.8. The van der Waals surface area contributed by atoms with Crippen molar-refractivity contribution in [2.45, 2.75) is 37.3 Å². The SMILES string of the molecule is CC1(C)c2ccccc2-c2cc3c(O)c(C(=O)C(F)(F)C(F)(F)C(F)(F)F)c(=O)n(-c4ccccc4)c3cc21. The van der Waals surface area contributed by atoms with E-state index in [1.54, 1.807) is 24.3 Å². The van der Waals surface area contributed by atoms with E-state index in [2.05, 4.69) is 0 Å². The Morgan fingerprint density at radius 2 is 1.41 bits per heavy atom. The van der Waals surface area contributed by atoms with Gasteiger partial charge in [0, 0.05) is 16.5 Å². The Labute approximate surface area is 215 Å². The average molecular weight is 549 g/mol. The van der Waals surface area contributed by atoms with Gasteiger partial charge >= 0.3 is 18.0 Å². The fourth-order valence-electron chi connectivity index (χ4n) is 5.08. The van der Waals surface area contributed by atoms with Crippen molar-refractivity contribution in [2.24, 2.45) is 0 Å². The Balaban J connectivity index is 1.90. The Hall–Kier alpha value is -4.15. The lowest BCUT2D eigenvalue weighted by Crippen LogP contribution is -2.57. The third-order valence-corrected chi connectivity index (χ3v) is 7.13. The lowest BCUT2D eigenvalue weighted by atomic mass is 9.82. The summed E-state index contributed by atoms with van der Waals surface area (Å²) in [5.74, 6) is -17.8. The second-order valence-electron chi connectivity index (χ2n) is 9.76. The van der Waals surface area contributed by atoms with E-state index in [0.29, 0.717) is 16.7 Å². The minimum atomic E-state index is -6.82. The third-order valence-electron chi connectivity index (χ3n) is 7.13. The molecular weight excluding hydrogens is 531 g/mol. The van der Waals surface area contributed by atoms with Crippen LogP contribution in [0.4, 0.5) is 30.7 Å². The molecule has 1 N–H and O–H groups in total. The van der Waals surface area contributed by atoms with E-state index in [4.69, 9.17) is 0 Å². The maximum Gasteiger partial charge on any atom is 0.460 e. The van der Waals surface area contributed by atoms with Crippen LogP contribution in [0.3, 0.4) is 0 Å². The van der Waals surface area contributed by atoms with E-state index >= 15 is 0 Å². The van der Waals surface area contributed by atoms with Crippen molar-refractivity contribution >= 4 is 16.7 Å². The van der Waals surface area contributed by atoms with Crippen molar-refractivity contribution in [1.82, 2.24) is 4.57 Å². The molecule has 0 unspecified atom stereocenters. The third kappa shape index (κ3) is 3.51. The van der Waals surface area contributed by atoms with Crippen LogP contribution in [0.25, 0.3) is 27.7 Å². The topological polar surface area (TPSA) is 59.3 Å². The zero-order chi connectivity index (χ0) is 28.7. The lowest BCUT2D eigenvalue weighted by Gasteiger charge is -2.27. The van der Waals surface area contributed by atoms with Crippen molar-refractivity contribution in [1.29, 1.82) is 0 Å². The van der Waals surface area contributed by atoms with E-state index in [1.807, 2.05) is 19.9 Å². The summed E-state index contributed by atoms with van der Waals surface area (Å²) in [5.41, 5.74) is -1.52. The summed E-state index contributed by atoms with van der Waals surface area (Å²) in [6.07, 6.45) is -6.81. The number of aromatic nitrogens is 1. The molecule has 202 valence electrons. The highest BCUT2D eigenvalue weighted by molar-refractivity contribution is 6.09. The number of aromatic hydroxyl groups is 1. The molecule has 11 heteroatoms. The number of benzene rings is 3. The first kappa shape index (κ1) is 26.5. The van der Waals surface area contributed by atoms with Crippen LogP contribution in [0.5, 0.6) is 5.75 Å². The molecule has 0 saturated heterocycles. The monoisotopic (exact) mass is 549 g/mol. The van der Waals surface area contributed by atoms with Gasteiger partial charge < -0.3 is 5.11 Å². The van der Waals surface area contributed by atoms with E-state index in [-0.39, 0.29) is 16.6 Å². The molecule has 0 fully saturated rings. The molecule has 4 aromatic rings. The largest absolute Gasteiger partial charge is 0.506 e. The quantitative estimate of drug-likeness (QED) is 0.220. The van der Waals surface area contributed by atoms with Gasteiger partial charge in [0.05, 0.1) is 5.52 Å². The molecule has 1 aliphatic carbocycles. The molecular formula is C28H18F7NO3. The van der Waals surface area contributed by atoms with Crippen LogP contribution in [0, 0.1) is 0 Å². The van der Waals surface area contributed by atoms with Crippen LogP contribution in [0.1, 0.15) is 35.3 Å². The van der Waals surface area contributed by atoms with Gasteiger partial charge in [-0.1, -0.05) is 56.3 Å². The van der Waals surface area contributed by atoms with Crippen LogP contribution in [-0.2, 0) is 5.41 Å². The number of carbonyl (C=O) groups is 1. The first-order chi connectivity index (χ1) is 18.0. The minimum absolute atomic E-state index is 0.000662. The molecule has 0 radical (unpaired) electrons. The van der Waals surface area contributed by atoms with Crippen LogP contribution in [-0.4, -0.2) is 33.5 Å². The number of para-hydroxylation sites is 1. The molecule has 1 aliphatic rings. The Bertz CT molecular complexity index is 1720. The molecule has 4 nitrogen and oxygen atoms in total. The summed E-state index contributed by atoms with van der Waals surface area (Å²) >= 11 is 0. The van der Waals surface area contributed by atoms with Crippen LogP contribution in [0.15, 0.2) is 71.5 Å². The zero-order valence-corrected chi connectivity index (χ0v) is 20.2. The summed E-state index contributed by atoms with van der Waals surface area (Å²) in [6, 6.07) is 17.1. The summed E-state index contributed by atoms with van der Waals surface area (Å²) in [7, 11) is 0. The van der Waals surface area contributed by atoms with Gasteiger partial charge in [-0.25, -0.2) is 0 Å². The average Bonchev–Trinajstić information content (AvgIpc) is 3.09. The highest BCUT2D eigenvalue weighted by atomic mass is 19.4. The number of rotatable bonds is 4. The molecule has 0 atom stereocenters. The fraction of sp³-hybridized carbons (Fsp3) is 0.214. The number of nitrogens with zero attached hydrogens (tertiary/aromatic N) is 1. The van der Waals surface area contributed by atoms with E-state index in [9.17, 15) is 45.4 Å². The van der Waals surface area contributed by atoms with Gasteiger partial charge in [0.1, 0.15) is 11.3 Å². The molecule has 0 aliphatic heterocycles. The van der Waals surface area contributed by atoms with Crippen molar-refractivity contribution in [3.63, 3.8) is 0 Å². The summed E-state index contributed by atoms with van der Waals surface area (Å²) in [6.45, 7) is 3.79. The van der Waals surface area contributed by atoms with Gasteiger partial charge in [-0.05, 0) is 46.5 Å². The van der Waals surface area contributed by atoms with Crippen molar-refractivity contribution in [2.75, 3.05) is 0 Å². The number of pyridine rings is 1. The van der Waals surface area contributed by atoms with Gasteiger partial charge in [-0.3, -0.25) is 14.2 Å². The van der Waals surface area contributed by atoms with E-state index < -0.39 is 46.1 Å². The Morgan fingerprint density at radius 3 is 2.03 bits per heavy atom.